The number of aliphatic hydroxyl groups is 1. The minimum Gasteiger partial charge on any atom is -0.393 e. The molecule has 1 N–H and O–H groups in total. The number of anilines is 1. The van der Waals surface area contributed by atoms with Crippen molar-refractivity contribution in [3.05, 3.63) is 41.6 Å². The second-order valence-electron chi connectivity index (χ2n) is 7.61. The van der Waals surface area contributed by atoms with Gasteiger partial charge in [0.2, 0.25) is 0 Å². The third-order valence-electron chi connectivity index (χ3n) is 5.79. The average Bonchev–Trinajstić information content (AvgIpc) is 3.43. The molecule has 29 heavy (non-hydrogen) atoms. The Morgan fingerprint density at radius 2 is 2.07 bits per heavy atom. The van der Waals surface area contributed by atoms with Gasteiger partial charge in [-0.25, -0.2) is 4.98 Å². The van der Waals surface area contributed by atoms with E-state index in [0.29, 0.717) is 23.5 Å². The van der Waals surface area contributed by atoms with Crippen LogP contribution in [-0.2, 0) is 13.1 Å². The predicted molar refractivity (Wildman–Crippen MR) is 106 cm³/mol. The molecule has 0 radical (unpaired) electrons. The Balaban J connectivity index is 1.29. The van der Waals surface area contributed by atoms with Gasteiger partial charge in [0.1, 0.15) is 11.0 Å². The fourth-order valence-electron chi connectivity index (χ4n) is 4.08. The molecule has 0 spiro atoms. The standard InChI is InChI=1S/C19H18ClN7O2/c20-16-9-21-17-10-25(3-4-26(16)17)19-23-18(29-24-19)11-1-2-12-8-22-27(15(12)5-11)13-6-14(28)7-13/h1-2,5,8-9,13-14,28H,3-4,6-7,10H2/t13-,14+. The van der Waals surface area contributed by atoms with E-state index in [4.69, 9.17) is 16.1 Å². The summed E-state index contributed by atoms with van der Waals surface area (Å²) in [5.41, 5.74) is 1.85. The largest absolute Gasteiger partial charge is 0.393 e. The van der Waals surface area contributed by atoms with E-state index in [1.54, 1.807) is 6.20 Å². The van der Waals surface area contributed by atoms with Gasteiger partial charge >= 0.3 is 0 Å². The van der Waals surface area contributed by atoms with Crippen LogP contribution in [0.3, 0.4) is 0 Å². The van der Waals surface area contributed by atoms with Gasteiger partial charge in [-0.2, -0.15) is 10.1 Å². The highest BCUT2D eigenvalue weighted by molar-refractivity contribution is 6.29. The maximum atomic E-state index is 9.62. The highest BCUT2D eigenvalue weighted by atomic mass is 35.5. The van der Waals surface area contributed by atoms with Gasteiger partial charge in [0.05, 0.1) is 36.6 Å². The van der Waals surface area contributed by atoms with E-state index in [-0.39, 0.29) is 12.1 Å². The van der Waals surface area contributed by atoms with E-state index in [0.717, 1.165) is 48.2 Å². The first-order valence-corrected chi connectivity index (χ1v) is 9.98. The number of nitrogens with zero attached hydrogens (tertiary/aromatic N) is 7. The molecule has 9 nitrogen and oxygen atoms in total. The van der Waals surface area contributed by atoms with Crippen LogP contribution in [0.25, 0.3) is 22.4 Å². The van der Waals surface area contributed by atoms with Crippen LogP contribution >= 0.6 is 11.6 Å². The lowest BCUT2D eigenvalue weighted by Gasteiger charge is -2.31. The fraction of sp³-hybridized carbons (Fsp3) is 0.368. The normalized spacial score (nSPS) is 21.4. The summed E-state index contributed by atoms with van der Waals surface area (Å²) in [6.45, 7) is 2.05. The third-order valence-corrected chi connectivity index (χ3v) is 6.09. The van der Waals surface area contributed by atoms with Crippen molar-refractivity contribution in [1.82, 2.24) is 29.5 Å². The van der Waals surface area contributed by atoms with Crippen molar-refractivity contribution < 1.29 is 9.63 Å². The minimum absolute atomic E-state index is 0.226. The lowest BCUT2D eigenvalue weighted by Crippen LogP contribution is -2.34. The molecule has 4 heterocycles. The van der Waals surface area contributed by atoms with Gasteiger partial charge in [-0.3, -0.25) is 4.68 Å². The number of aliphatic hydroxyl groups excluding tert-OH is 1. The Morgan fingerprint density at radius 1 is 1.17 bits per heavy atom. The van der Waals surface area contributed by atoms with Crippen LogP contribution in [0.1, 0.15) is 24.7 Å². The summed E-state index contributed by atoms with van der Waals surface area (Å²) in [6, 6.07) is 6.23. The fourth-order valence-corrected chi connectivity index (χ4v) is 4.31. The molecule has 6 rings (SSSR count). The zero-order valence-corrected chi connectivity index (χ0v) is 16.2. The summed E-state index contributed by atoms with van der Waals surface area (Å²) in [4.78, 5) is 11.0. The first-order valence-electron chi connectivity index (χ1n) is 9.60. The summed E-state index contributed by atoms with van der Waals surface area (Å²) < 4.78 is 9.53. The quantitative estimate of drug-likeness (QED) is 0.553. The average molecular weight is 412 g/mol. The van der Waals surface area contributed by atoms with Gasteiger partial charge in [0.15, 0.2) is 0 Å². The molecule has 0 amide bonds. The molecule has 1 aliphatic carbocycles. The van der Waals surface area contributed by atoms with Crippen molar-refractivity contribution in [3.8, 4) is 11.5 Å². The number of hydrogen-bond acceptors (Lipinski definition) is 7. The number of fused-ring (bicyclic) bond motifs is 2. The van der Waals surface area contributed by atoms with Gasteiger partial charge in [-0.05, 0) is 30.1 Å². The molecule has 1 fully saturated rings. The van der Waals surface area contributed by atoms with Gasteiger partial charge in [0.25, 0.3) is 11.8 Å². The van der Waals surface area contributed by atoms with Crippen LogP contribution in [-0.4, -0.2) is 47.2 Å². The van der Waals surface area contributed by atoms with Gasteiger partial charge in [0, 0.05) is 24.0 Å². The summed E-state index contributed by atoms with van der Waals surface area (Å²) in [5, 5.41) is 20.0. The number of aromatic nitrogens is 6. The SMILES string of the molecule is O[C@H]1C[C@@H](n2ncc3ccc(-c4nc(N5CCn6c(Cl)cnc6C5)no4)cc32)C1. The van der Waals surface area contributed by atoms with E-state index < -0.39 is 0 Å². The number of hydrogen-bond donors (Lipinski definition) is 1. The predicted octanol–water partition coefficient (Wildman–Crippen LogP) is 2.65. The molecule has 148 valence electrons. The van der Waals surface area contributed by atoms with Crippen molar-refractivity contribution in [1.29, 1.82) is 0 Å². The zero-order chi connectivity index (χ0) is 19.5. The monoisotopic (exact) mass is 411 g/mol. The van der Waals surface area contributed by atoms with E-state index in [9.17, 15) is 5.11 Å². The molecular formula is C19H18ClN7O2. The van der Waals surface area contributed by atoms with Gasteiger partial charge in [-0.15, -0.1) is 0 Å². The van der Waals surface area contributed by atoms with Crippen LogP contribution in [0, 0.1) is 0 Å². The highest BCUT2D eigenvalue weighted by Crippen LogP contribution is 2.35. The number of benzene rings is 1. The Labute approximate surface area is 170 Å². The van der Waals surface area contributed by atoms with Crippen molar-refractivity contribution in [2.24, 2.45) is 0 Å². The molecule has 1 aromatic carbocycles. The molecule has 2 aliphatic rings. The van der Waals surface area contributed by atoms with Crippen molar-refractivity contribution in [3.63, 3.8) is 0 Å². The maximum Gasteiger partial charge on any atom is 0.266 e. The Kier molecular flexibility index (Phi) is 3.69. The minimum atomic E-state index is -0.226. The maximum absolute atomic E-state index is 9.62. The molecule has 3 aromatic heterocycles. The Bertz CT molecular complexity index is 1210. The number of imidazole rings is 1. The Hall–Kier alpha value is -2.91. The lowest BCUT2D eigenvalue weighted by atomic mass is 9.89. The Morgan fingerprint density at radius 3 is 2.93 bits per heavy atom. The molecule has 0 unspecified atom stereocenters. The number of rotatable bonds is 3. The van der Waals surface area contributed by atoms with Crippen LogP contribution in [0.4, 0.5) is 5.95 Å². The van der Waals surface area contributed by atoms with Crippen LogP contribution in [0.5, 0.6) is 0 Å². The van der Waals surface area contributed by atoms with E-state index >= 15 is 0 Å². The summed E-state index contributed by atoms with van der Waals surface area (Å²) in [7, 11) is 0. The second kappa shape index (κ2) is 6.30. The van der Waals surface area contributed by atoms with Gasteiger partial charge < -0.3 is 19.1 Å². The van der Waals surface area contributed by atoms with E-state index in [2.05, 4.69) is 20.2 Å². The summed E-state index contributed by atoms with van der Waals surface area (Å²) in [5.74, 6) is 1.90. The van der Waals surface area contributed by atoms with E-state index in [1.165, 1.54) is 0 Å². The first-order chi connectivity index (χ1) is 14.2. The van der Waals surface area contributed by atoms with Crippen molar-refractivity contribution in [2.75, 3.05) is 11.4 Å². The molecular weight excluding hydrogens is 394 g/mol. The molecule has 1 saturated carbocycles. The molecule has 10 heteroatoms. The van der Waals surface area contributed by atoms with Gasteiger partial charge in [-0.1, -0.05) is 17.7 Å². The van der Waals surface area contributed by atoms with Crippen LogP contribution < -0.4 is 4.90 Å². The lowest BCUT2D eigenvalue weighted by molar-refractivity contribution is 0.0453. The molecule has 1 aliphatic heterocycles. The van der Waals surface area contributed by atoms with E-state index in [1.807, 2.05) is 38.5 Å². The van der Waals surface area contributed by atoms with Crippen molar-refractivity contribution >= 4 is 28.5 Å². The molecule has 4 aromatic rings. The topological polar surface area (TPSA) is 98.0 Å². The van der Waals surface area contributed by atoms with Crippen LogP contribution in [0.2, 0.25) is 5.15 Å². The third kappa shape index (κ3) is 2.72. The molecule has 0 bridgehead atoms. The smallest absolute Gasteiger partial charge is 0.266 e. The van der Waals surface area contributed by atoms with Crippen molar-refractivity contribution in [2.45, 2.75) is 38.1 Å². The zero-order valence-electron chi connectivity index (χ0n) is 15.4. The highest BCUT2D eigenvalue weighted by Gasteiger charge is 2.30. The van der Waals surface area contributed by atoms with Crippen LogP contribution in [0.15, 0.2) is 35.1 Å². The number of halogens is 1. The summed E-state index contributed by atoms with van der Waals surface area (Å²) >= 11 is 6.14. The second-order valence-corrected chi connectivity index (χ2v) is 8.00. The summed E-state index contributed by atoms with van der Waals surface area (Å²) in [6.07, 6.45) is 4.77. The first kappa shape index (κ1) is 17.0. The molecule has 0 atom stereocenters. The molecule has 0 saturated heterocycles.